The molecule has 0 heterocycles. The number of unbranched alkanes of at least 4 members (excludes halogenated alkanes) is 4. The fraction of sp³-hybridized carbons (Fsp3) is 0.750. The maximum absolute atomic E-state index is 10.9. The van der Waals surface area contributed by atoms with Crippen molar-refractivity contribution >= 4 is 5.97 Å². The minimum Gasteiger partial charge on any atom is -0.453 e. The van der Waals surface area contributed by atoms with Crippen LogP contribution in [0.1, 0.15) is 52.9 Å². The molecule has 0 aliphatic heterocycles. The van der Waals surface area contributed by atoms with Crippen molar-refractivity contribution in [3.8, 4) is 11.8 Å². The summed E-state index contributed by atoms with van der Waals surface area (Å²) in [5.41, 5.74) is 0. The van der Waals surface area contributed by atoms with E-state index in [2.05, 4.69) is 18.8 Å². The standard InChI is InChI=1S/C12H20O2/c1-4-5-6-7-8-9-10-12(13)14-11(2)3/h11H,4-8H2,1-3H3. The van der Waals surface area contributed by atoms with Crippen LogP contribution in [0.25, 0.3) is 0 Å². The fourth-order valence-corrected chi connectivity index (χ4v) is 1.02. The summed E-state index contributed by atoms with van der Waals surface area (Å²) in [6.45, 7) is 5.81. The van der Waals surface area contributed by atoms with E-state index in [1.54, 1.807) is 0 Å². The van der Waals surface area contributed by atoms with Gasteiger partial charge in [-0.25, -0.2) is 4.79 Å². The lowest BCUT2D eigenvalue weighted by molar-refractivity contribution is -0.140. The predicted molar refractivity (Wildman–Crippen MR) is 57.8 cm³/mol. The van der Waals surface area contributed by atoms with Crippen LogP contribution in [0.5, 0.6) is 0 Å². The normalized spacial score (nSPS) is 9.43. The van der Waals surface area contributed by atoms with Crippen LogP contribution in [-0.4, -0.2) is 12.1 Å². The van der Waals surface area contributed by atoms with Gasteiger partial charge in [-0.15, -0.1) is 0 Å². The Kier molecular flexibility index (Phi) is 8.02. The van der Waals surface area contributed by atoms with Gasteiger partial charge in [0.1, 0.15) is 0 Å². The Balaban J connectivity index is 3.46. The molecule has 0 aliphatic rings. The van der Waals surface area contributed by atoms with Crippen LogP contribution in [0.2, 0.25) is 0 Å². The molecule has 2 heteroatoms. The van der Waals surface area contributed by atoms with Crippen LogP contribution in [0.3, 0.4) is 0 Å². The van der Waals surface area contributed by atoms with Gasteiger partial charge in [0, 0.05) is 12.3 Å². The molecule has 14 heavy (non-hydrogen) atoms. The molecule has 0 aromatic heterocycles. The van der Waals surface area contributed by atoms with E-state index < -0.39 is 5.97 Å². The zero-order valence-electron chi connectivity index (χ0n) is 9.43. The second-order valence-corrected chi connectivity index (χ2v) is 3.57. The molecule has 0 amide bonds. The molecule has 0 aromatic carbocycles. The second kappa shape index (κ2) is 8.62. The van der Waals surface area contributed by atoms with Gasteiger partial charge >= 0.3 is 5.97 Å². The minimum atomic E-state index is -0.407. The molecule has 2 nitrogen and oxygen atoms in total. The highest BCUT2D eigenvalue weighted by molar-refractivity contribution is 5.88. The van der Waals surface area contributed by atoms with E-state index in [9.17, 15) is 4.79 Å². The average Bonchev–Trinajstić information content (AvgIpc) is 2.10. The summed E-state index contributed by atoms with van der Waals surface area (Å²) in [6.07, 6.45) is 5.48. The van der Waals surface area contributed by atoms with Crippen LogP contribution in [0, 0.1) is 11.8 Å². The maximum atomic E-state index is 10.9. The number of hydrogen-bond donors (Lipinski definition) is 0. The lowest BCUT2D eigenvalue weighted by Gasteiger charge is -2.01. The molecule has 0 atom stereocenters. The summed E-state index contributed by atoms with van der Waals surface area (Å²) in [5.74, 6) is 4.90. The Morgan fingerprint density at radius 2 is 2.00 bits per heavy atom. The van der Waals surface area contributed by atoms with Gasteiger partial charge in [0.15, 0.2) is 0 Å². The van der Waals surface area contributed by atoms with Gasteiger partial charge in [-0.05, 0) is 20.3 Å². The van der Waals surface area contributed by atoms with Gasteiger partial charge in [0.2, 0.25) is 0 Å². The Hall–Kier alpha value is -0.970. The van der Waals surface area contributed by atoms with E-state index in [4.69, 9.17) is 4.74 Å². The number of ether oxygens (including phenoxy) is 1. The molecule has 0 spiro atoms. The van der Waals surface area contributed by atoms with Crippen LogP contribution >= 0.6 is 0 Å². The number of rotatable bonds is 5. The van der Waals surface area contributed by atoms with Crippen molar-refractivity contribution in [2.45, 2.75) is 59.0 Å². The molecule has 0 saturated heterocycles. The van der Waals surface area contributed by atoms with Crippen LogP contribution in [0.4, 0.5) is 0 Å². The molecule has 80 valence electrons. The maximum Gasteiger partial charge on any atom is 0.384 e. The van der Waals surface area contributed by atoms with Crippen molar-refractivity contribution in [1.29, 1.82) is 0 Å². The van der Waals surface area contributed by atoms with Crippen molar-refractivity contribution in [1.82, 2.24) is 0 Å². The van der Waals surface area contributed by atoms with Crippen LogP contribution in [0.15, 0.2) is 0 Å². The topological polar surface area (TPSA) is 26.3 Å². The third-order valence-corrected chi connectivity index (χ3v) is 1.69. The highest BCUT2D eigenvalue weighted by Crippen LogP contribution is 2.00. The van der Waals surface area contributed by atoms with Crippen molar-refractivity contribution in [3.05, 3.63) is 0 Å². The molecular formula is C12H20O2. The van der Waals surface area contributed by atoms with Gasteiger partial charge in [-0.1, -0.05) is 32.1 Å². The molecule has 0 radical (unpaired) electrons. The van der Waals surface area contributed by atoms with Gasteiger partial charge in [0.05, 0.1) is 6.10 Å². The first-order valence-corrected chi connectivity index (χ1v) is 5.36. The molecule has 0 N–H and O–H groups in total. The lowest BCUT2D eigenvalue weighted by Crippen LogP contribution is -2.08. The summed E-state index contributed by atoms with van der Waals surface area (Å²) < 4.78 is 4.87. The summed E-state index contributed by atoms with van der Waals surface area (Å²) in [4.78, 5) is 10.9. The quantitative estimate of drug-likeness (QED) is 0.292. The third kappa shape index (κ3) is 9.12. The molecule has 0 unspecified atom stereocenters. The summed E-state index contributed by atoms with van der Waals surface area (Å²) >= 11 is 0. The SMILES string of the molecule is CCCCCCC#CC(=O)OC(C)C. The van der Waals surface area contributed by atoms with Crippen molar-refractivity contribution in [3.63, 3.8) is 0 Å². The second-order valence-electron chi connectivity index (χ2n) is 3.57. The van der Waals surface area contributed by atoms with E-state index in [0.29, 0.717) is 0 Å². The molecular weight excluding hydrogens is 176 g/mol. The third-order valence-electron chi connectivity index (χ3n) is 1.69. The summed E-state index contributed by atoms with van der Waals surface area (Å²) in [7, 11) is 0. The van der Waals surface area contributed by atoms with E-state index >= 15 is 0 Å². The Morgan fingerprint density at radius 3 is 2.57 bits per heavy atom. The van der Waals surface area contributed by atoms with Crippen LogP contribution in [-0.2, 0) is 9.53 Å². The molecule has 0 bridgehead atoms. The average molecular weight is 196 g/mol. The van der Waals surface area contributed by atoms with Crippen LogP contribution < -0.4 is 0 Å². The van der Waals surface area contributed by atoms with E-state index in [1.165, 1.54) is 19.3 Å². The van der Waals surface area contributed by atoms with Crippen molar-refractivity contribution in [2.24, 2.45) is 0 Å². The minimum absolute atomic E-state index is 0.0723. The largest absolute Gasteiger partial charge is 0.453 e. The molecule has 0 rings (SSSR count). The number of carbonyl (C=O) groups is 1. The fourth-order valence-electron chi connectivity index (χ4n) is 1.02. The molecule has 0 aromatic rings. The van der Waals surface area contributed by atoms with Gasteiger partial charge in [0.25, 0.3) is 0 Å². The molecule has 0 aliphatic carbocycles. The smallest absolute Gasteiger partial charge is 0.384 e. The summed E-state index contributed by atoms with van der Waals surface area (Å²) in [6, 6.07) is 0. The highest BCUT2D eigenvalue weighted by Gasteiger charge is 1.98. The first-order valence-electron chi connectivity index (χ1n) is 5.36. The Bertz CT molecular complexity index is 208. The number of esters is 1. The summed E-state index contributed by atoms with van der Waals surface area (Å²) in [5, 5.41) is 0. The first kappa shape index (κ1) is 13.0. The molecule has 0 fully saturated rings. The lowest BCUT2D eigenvalue weighted by atomic mass is 10.2. The number of carbonyl (C=O) groups excluding carboxylic acids is 1. The van der Waals surface area contributed by atoms with Crippen molar-refractivity contribution in [2.75, 3.05) is 0 Å². The monoisotopic (exact) mass is 196 g/mol. The predicted octanol–water partition coefficient (Wildman–Crippen LogP) is 2.91. The zero-order chi connectivity index (χ0) is 10.8. The highest BCUT2D eigenvalue weighted by atomic mass is 16.5. The molecule has 0 saturated carbocycles. The Morgan fingerprint density at radius 1 is 1.29 bits per heavy atom. The zero-order valence-corrected chi connectivity index (χ0v) is 9.43. The Labute approximate surface area is 87.0 Å². The van der Waals surface area contributed by atoms with Gasteiger partial charge in [-0.2, -0.15) is 0 Å². The van der Waals surface area contributed by atoms with Gasteiger partial charge < -0.3 is 4.74 Å². The van der Waals surface area contributed by atoms with E-state index in [-0.39, 0.29) is 6.10 Å². The van der Waals surface area contributed by atoms with E-state index in [0.717, 1.165) is 12.8 Å². The number of hydrogen-bond acceptors (Lipinski definition) is 2. The van der Waals surface area contributed by atoms with Crippen molar-refractivity contribution < 1.29 is 9.53 Å². The van der Waals surface area contributed by atoms with Gasteiger partial charge in [-0.3, -0.25) is 0 Å². The first-order chi connectivity index (χ1) is 6.66. The van der Waals surface area contributed by atoms with E-state index in [1.807, 2.05) is 13.8 Å².